The molecule has 2 heteroatoms. The van der Waals surface area contributed by atoms with Gasteiger partial charge >= 0.3 is 0 Å². The van der Waals surface area contributed by atoms with Crippen molar-refractivity contribution in [2.75, 3.05) is 16.3 Å². The first-order chi connectivity index (χ1) is 29.3. The Balaban J connectivity index is 1.41. The first kappa shape index (κ1) is 46.0. The third-order valence-electron chi connectivity index (χ3n) is 17.8. The minimum Gasteiger partial charge on any atom is -0.341 e. The smallest absolute Gasteiger partial charge is 0.0493 e. The standard InChI is InChI=1S/C61H86N2/c1-40(2)42(4)39-62(45-22-24-49-52(36-45)59(11,12)28-26-56(49,5)6)47-33-44(43-20-18-17-19-21-43)34-48(35-47)63(46-23-25-50-53(37-46)60(13,14)29-27-57(50,7)8)55-38-54-51(32-41(55)3)58(9,10)30-31-61(54,15)16/h22-25,32-38,40,42-43H,17-21,26-31,39H2,1-16H3. The third-order valence-corrected chi connectivity index (χ3v) is 17.8. The maximum absolute atomic E-state index is 2.74. The van der Waals surface area contributed by atoms with E-state index in [1.54, 1.807) is 5.56 Å². The lowest BCUT2D eigenvalue weighted by Gasteiger charge is -2.44. The van der Waals surface area contributed by atoms with E-state index >= 15 is 0 Å². The zero-order valence-electron chi connectivity index (χ0n) is 43.0. The second-order valence-electron chi connectivity index (χ2n) is 25.7. The van der Waals surface area contributed by atoms with Crippen molar-refractivity contribution < 1.29 is 0 Å². The molecule has 340 valence electrons. The van der Waals surface area contributed by atoms with E-state index in [0.29, 0.717) is 17.8 Å². The van der Waals surface area contributed by atoms with E-state index in [2.05, 4.69) is 187 Å². The molecular formula is C61H86N2. The van der Waals surface area contributed by atoms with E-state index in [-0.39, 0.29) is 32.5 Å². The molecule has 4 aromatic carbocycles. The summed E-state index contributed by atoms with van der Waals surface area (Å²) in [5, 5.41) is 0. The molecule has 8 rings (SSSR count). The van der Waals surface area contributed by atoms with Crippen LogP contribution in [0.2, 0.25) is 0 Å². The summed E-state index contributed by atoms with van der Waals surface area (Å²) in [7, 11) is 0. The van der Waals surface area contributed by atoms with E-state index in [9.17, 15) is 0 Å². The highest BCUT2D eigenvalue weighted by molar-refractivity contribution is 5.83. The molecule has 0 saturated heterocycles. The predicted octanol–water partition coefficient (Wildman–Crippen LogP) is 18.0. The van der Waals surface area contributed by atoms with E-state index in [4.69, 9.17) is 0 Å². The molecule has 0 amide bonds. The van der Waals surface area contributed by atoms with Crippen LogP contribution in [0.1, 0.15) is 225 Å². The summed E-state index contributed by atoms with van der Waals surface area (Å²) in [5.41, 5.74) is 19.5. The Morgan fingerprint density at radius 3 is 1.40 bits per heavy atom. The molecule has 0 radical (unpaired) electrons. The summed E-state index contributed by atoms with van der Waals surface area (Å²) in [5.74, 6) is 1.66. The molecule has 1 unspecified atom stereocenters. The van der Waals surface area contributed by atoms with Crippen molar-refractivity contribution in [3.8, 4) is 0 Å². The minimum atomic E-state index is 0.106. The van der Waals surface area contributed by atoms with Crippen molar-refractivity contribution >= 4 is 28.4 Å². The van der Waals surface area contributed by atoms with Crippen molar-refractivity contribution in [3.05, 3.63) is 111 Å². The number of aryl methyl sites for hydroxylation is 1. The van der Waals surface area contributed by atoms with Crippen molar-refractivity contribution in [1.82, 2.24) is 0 Å². The number of benzene rings is 4. The number of hydrogen-bond acceptors (Lipinski definition) is 2. The van der Waals surface area contributed by atoms with Crippen molar-refractivity contribution in [1.29, 1.82) is 0 Å². The van der Waals surface area contributed by atoms with Gasteiger partial charge < -0.3 is 9.80 Å². The number of fused-ring (bicyclic) bond motifs is 3. The summed E-state index contributed by atoms with van der Waals surface area (Å²) in [6.45, 7) is 40.4. The monoisotopic (exact) mass is 847 g/mol. The minimum absolute atomic E-state index is 0.106. The van der Waals surface area contributed by atoms with Crippen LogP contribution < -0.4 is 9.80 Å². The lowest BCUT2D eigenvalue weighted by atomic mass is 9.62. The van der Waals surface area contributed by atoms with Crippen LogP contribution in [-0.2, 0) is 32.5 Å². The Labute approximate surface area is 386 Å². The maximum atomic E-state index is 2.74. The molecule has 0 bridgehead atoms. The van der Waals surface area contributed by atoms with Gasteiger partial charge in [-0.15, -0.1) is 0 Å². The van der Waals surface area contributed by atoms with Crippen LogP contribution in [0.25, 0.3) is 0 Å². The fourth-order valence-electron chi connectivity index (χ4n) is 12.3. The Morgan fingerprint density at radius 1 is 0.460 bits per heavy atom. The van der Waals surface area contributed by atoms with Gasteiger partial charge in [-0.2, -0.15) is 0 Å². The van der Waals surface area contributed by atoms with Crippen molar-refractivity contribution in [2.24, 2.45) is 11.8 Å². The molecule has 2 nitrogen and oxygen atoms in total. The molecule has 1 atom stereocenters. The SMILES string of the molecule is Cc1cc2c(cc1N(c1cc(C3CCCCC3)cc(N(CC(C)C(C)C)c3ccc4c(c3)C(C)(C)CCC4(C)C)c1)c1ccc3c(c1)C(C)(C)CCC3(C)C)C(C)(C)CCC2(C)C. The van der Waals surface area contributed by atoms with Gasteiger partial charge in [0.25, 0.3) is 0 Å². The highest BCUT2D eigenvalue weighted by Crippen LogP contribution is 2.53. The molecular weight excluding hydrogens is 761 g/mol. The largest absolute Gasteiger partial charge is 0.341 e. The Kier molecular flexibility index (Phi) is 11.8. The zero-order chi connectivity index (χ0) is 45.7. The number of anilines is 5. The second kappa shape index (κ2) is 16.1. The Hall–Kier alpha value is -3.52. The van der Waals surface area contributed by atoms with Gasteiger partial charge in [-0.25, -0.2) is 0 Å². The molecule has 63 heavy (non-hydrogen) atoms. The molecule has 0 spiro atoms. The normalized spacial score (nSPS) is 22.1. The molecule has 4 aliphatic rings. The third kappa shape index (κ3) is 8.58. The molecule has 0 heterocycles. The van der Waals surface area contributed by atoms with Gasteiger partial charge in [0.2, 0.25) is 0 Å². The highest BCUT2D eigenvalue weighted by Gasteiger charge is 2.41. The number of hydrogen-bond donors (Lipinski definition) is 0. The molecule has 0 aliphatic heterocycles. The molecule has 1 saturated carbocycles. The fourth-order valence-corrected chi connectivity index (χ4v) is 12.3. The van der Waals surface area contributed by atoms with E-state index in [0.717, 1.165) is 6.54 Å². The van der Waals surface area contributed by atoms with Gasteiger partial charge in [-0.05, 0) is 202 Å². The first-order valence-corrected chi connectivity index (χ1v) is 25.5. The van der Waals surface area contributed by atoms with Gasteiger partial charge in [-0.1, -0.05) is 141 Å². The summed E-state index contributed by atoms with van der Waals surface area (Å²) in [6, 6.07) is 28.3. The number of rotatable bonds is 9. The van der Waals surface area contributed by atoms with E-state index < -0.39 is 0 Å². The van der Waals surface area contributed by atoms with Gasteiger partial charge in [0, 0.05) is 35.0 Å². The van der Waals surface area contributed by atoms with Crippen LogP contribution in [0.15, 0.2) is 66.7 Å². The van der Waals surface area contributed by atoms with Gasteiger partial charge in [0.15, 0.2) is 0 Å². The lowest BCUT2D eigenvalue weighted by Crippen LogP contribution is -2.35. The van der Waals surface area contributed by atoms with Crippen LogP contribution in [-0.4, -0.2) is 6.54 Å². The van der Waals surface area contributed by atoms with E-state index in [1.807, 2.05) is 0 Å². The van der Waals surface area contributed by atoms with Gasteiger partial charge in [0.1, 0.15) is 0 Å². The van der Waals surface area contributed by atoms with Crippen molar-refractivity contribution in [2.45, 2.75) is 220 Å². The van der Waals surface area contributed by atoms with Crippen LogP contribution in [0.3, 0.4) is 0 Å². The molecule has 0 aromatic heterocycles. The van der Waals surface area contributed by atoms with Gasteiger partial charge in [0.05, 0.1) is 0 Å². The summed E-state index contributed by atoms with van der Waals surface area (Å²) >= 11 is 0. The fraction of sp³-hybridized carbons (Fsp3) is 0.607. The lowest BCUT2D eigenvalue weighted by molar-refractivity contribution is 0.331. The number of nitrogens with zero attached hydrogens (tertiary/aromatic N) is 2. The zero-order valence-corrected chi connectivity index (χ0v) is 43.0. The topological polar surface area (TPSA) is 6.48 Å². The average molecular weight is 847 g/mol. The second-order valence-corrected chi connectivity index (χ2v) is 25.7. The highest BCUT2D eigenvalue weighted by atomic mass is 15.2. The quantitative estimate of drug-likeness (QED) is 0.166. The predicted molar refractivity (Wildman–Crippen MR) is 275 cm³/mol. The van der Waals surface area contributed by atoms with Crippen LogP contribution in [0.4, 0.5) is 28.4 Å². The van der Waals surface area contributed by atoms with E-state index in [1.165, 1.54) is 138 Å². The van der Waals surface area contributed by atoms with Crippen LogP contribution >= 0.6 is 0 Å². The van der Waals surface area contributed by atoms with Gasteiger partial charge in [-0.3, -0.25) is 0 Å². The summed E-state index contributed by atoms with van der Waals surface area (Å²) in [6.07, 6.45) is 13.9. The maximum Gasteiger partial charge on any atom is 0.0493 e. The molecule has 0 N–H and O–H groups in total. The molecule has 4 aliphatic carbocycles. The summed E-state index contributed by atoms with van der Waals surface area (Å²) in [4.78, 5) is 5.45. The molecule has 1 fully saturated rings. The first-order valence-electron chi connectivity index (χ1n) is 25.5. The van der Waals surface area contributed by atoms with Crippen molar-refractivity contribution in [3.63, 3.8) is 0 Å². The van der Waals surface area contributed by atoms with Crippen LogP contribution in [0.5, 0.6) is 0 Å². The Bertz CT molecular complexity index is 2340. The Morgan fingerprint density at radius 2 is 0.889 bits per heavy atom. The summed E-state index contributed by atoms with van der Waals surface area (Å²) < 4.78 is 0. The van der Waals surface area contributed by atoms with Crippen LogP contribution in [0, 0.1) is 18.8 Å². The average Bonchev–Trinajstić information content (AvgIpc) is 3.22. The molecule has 4 aromatic rings.